The number of rotatable bonds is 33. The van der Waals surface area contributed by atoms with Crippen LogP contribution in [-0.4, -0.2) is 43.0 Å². The van der Waals surface area contributed by atoms with Gasteiger partial charge < -0.3 is 14.2 Å². The van der Waals surface area contributed by atoms with Crippen molar-refractivity contribution >= 4 is 23.7 Å². The Labute approximate surface area is 270 Å². The highest BCUT2D eigenvalue weighted by Crippen LogP contribution is 2.14. The monoisotopic (exact) mass is 624 g/mol. The van der Waals surface area contributed by atoms with Gasteiger partial charge in [-0.3, -0.25) is 19.2 Å². The summed E-state index contributed by atoms with van der Waals surface area (Å²) in [6.07, 6.45) is 26.7. The average molecular weight is 625 g/mol. The van der Waals surface area contributed by atoms with Crippen molar-refractivity contribution in [2.45, 2.75) is 200 Å². The molecule has 0 spiro atoms. The normalized spacial score (nSPS) is 11.7. The maximum atomic E-state index is 12.5. The molecule has 0 saturated heterocycles. The first-order chi connectivity index (χ1) is 21.4. The van der Waals surface area contributed by atoms with Crippen LogP contribution in [0.15, 0.2) is 0 Å². The molecule has 44 heavy (non-hydrogen) atoms. The fourth-order valence-corrected chi connectivity index (χ4v) is 5.16. The van der Waals surface area contributed by atoms with Crippen molar-refractivity contribution in [3.05, 3.63) is 0 Å². The number of hydrogen-bond donors (Lipinski definition) is 0. The summed E-state index contributed by atoms with van der Waals surface area (Å²) in [6, 6.07) is 0. The molecule has 0 rings (SSSR count). The van der Waals surface area contributed by atoms with Crippen molar-refractivity contribution in [2.75, 3.05) is 13.2 Å². The first-order valence-electron chi connectivity index (χ1n) is 18.4. The zero-order valence-corrected chi connectivity index (χ0v) is 28.9. The molecule has 0 aliphatic rings. The highest BCUT2D eigenvalue weighted by molar-refractivity contribution is 5.82. The lowest BCUT2D eigenvalue weighted by atomic mass is 10.1. The number of ether oxygens (including phenoxy) is 3. The van der Waals surface area contributed by atoms with Gasteiger partial charge in [-0.05, 0) is 12.8 Å². The molecule has 0 N–H and O–H groups in total. The lowest BCUT2D eigenvalue weighted by Crippen LogP contribution is -2.31. The predicted molar refractivity (Wildman–Crippen MR) is 178 cm³/mol. The molecule has 0 amide bonds. The molecule has 0 radical (unpaired) electrons. The van der Waals surface area contributed by atoms with Crippen molar-refractivity contribution < 1.29 is 33.4 Å². The smallest absolute Gasteiger partial charge is 0.306 e. The SMILES string of the molecule is CCCCCCCCCCCCCC(=O)OC[C@@H](COC(=O)CCC(=O)CC)OC(=O)CCCCCCCCCCCCC. The molecule has 0 unspecified atom stereocenters. The van der Waals surface area contributed by atoms with Crippen LogP contribution in [0.3, 0.4) is 0 Å². The molecule has 7 nitrogen and oxygen atoms in total. The maximum absolute atomic E-state index is 12.5. The summed E-state index contributed by atoms with van der Waals surface area (Å²) < 4.78 is 16.2. The van der Waals surface area contributed by atoms with Gasteiger partial charge in [-0.25, -0.2) is 0 Å². The molecule has 0 aromatic heterocycles. The molecule has 0 aliphatic heterocycles. The summed E-state index contributed by atoms with van der Waals surface area (Å²) in [4.78, 5) is 48.4. The number of ketones is 1. The lowest BCUT2D eigenvalue weighted by molar-refractivity contribution is -0.167. The van der Waals surface area contributed by atoms with Crippen LogP contribution in [0, 0.1) is 0 Å². The minimum atomic E-state index is -0.845. The van der Waals surface area contributed by atoms with Crippen molar-refractivity contribution in [1.82, 2.24) is 0 Å². The standard InChI is InChI=1S/C37H68O7/c1-4-7-9-11-13-15-17-19-21-23-25-27-35(39)42-31-34(32-43-36(40)30-29-33(38)6-3)44-37(41)28-26-24-22-20-18-16-14-12-10-8-5-2/h34H,4-32H2,1-3H3/t34-/m0/s1. The molecular formula is C37H68O7. The first kappa shape index (κ1) is 42.1. The zero-order chi connectivity index (χ0) is 32.5. The topological polar surface area (TPSA) is 96.0 Å². The summed E-state index contributed by atoms with van der Waals surface area (Å²) in [6.45, 7) is 5.91. The second-order valence-corrected chi connectivity index (χ2v) is 12.4. The van der Waals surface area contributed by atoms with Crippen LogP contribution in [0.2, 0.25) is 0 Å². The van der Waals surface area contributed by atoms with E-state index < -0.39 is 12.1 Å². The second kappa shape index (κ2) is 32.5. The van der Waals surface area contributed by atoms with Crippen LogP contribution in [0.5, 0.6) is 0 Å². The molecule has 0 aromatic rings. The molecule has 0 fully saturated rings. The number of hydrogen-bond acceptors (Lipinski definition) is 7. The number of esters is 3. The van der Waals surface area contributed by atoms with Crippen molar-refractivity contribution in [3.8, 4) is 0 Å². The highest BCUT2D eigenvalue weighted by Gasteiger charge is 2.20. The van der Waals surface area contributed by atoms with E-state index in [-0.39, 0.29) is 43.8 Å². The molecular weight excluding hydrogens is 556 g/mol. The van der Waals surface area contributed by atoms with E-state index in [0.717, 1.165) is 38.5 Å². The molecule has 0 heterocycles. The van der Waals surface area contributed by atoms with E-state index in [4.69, 9.17) is 14.2 Å². The quantitative estimate of drug-likeness (QED) is 0.0407. The Balaban J connectivity index is 4.27. The largest absolute Gasteiger partial charge is 0.462 e. The van der Waals surface area contributed by atoms with Gasteiger partial charge in [-0.2, -0.15) is 0 Å². The lowest BCUT2D eigenvalue weighted by Gasteiger charge is -2.18. The van der Waals surface area contributed by atoms with Gasteiger partial charge in [-0.1, -0.05) is 149 Å². The summed E-state index contributed by atoms with van der Waals surface area (Å²) in [7, 11) is 0. The Kier molecular flexibility index (Phi) is 31.1. The van der Waals surface area contributed by atoms with Gasteiger partial charge in [0.15, 0.2) is 6.10 Å². The third-order valence-corrected chi connectivity index (χ3v) is 8.13. The maximum Gasteiger partial charge on any atom is 0.306 e. The van der Waals surface area contributed by atoms with E-state index in [0.29, 0.717) is 19.3 Å². The van der Waals surface area contributed by atoms with Gasteiger partial charge in [0.1, 0.15) is 19.0 Å². The fourth-order valence-electron chi connectivity index (χ4n) is 5.16. The van der Waals surface area contributed by atoms with E-state index in [9.17, 15) is 19.2 Å². The molecule has 0 saturated carbocycles. The minimum Gasteiger partial charge on any atom is -0.462 e. The van der Waals surface area contributed by atoms with Crippen LogP contribution in [0.4, 0.5) is 0 Å². The van der Waals surface area contributed by atoms with Crippen molar-refractivity contribution in [2.24, 2.45) is 0 Å². The number of carbonyl (C=O) groups excluding carboxylic acids is 4. The van der Waals surface area contributed by atoms with Crippen LogP contribution in [-0.2, 0) is 33.4 Å². The number of unbranched alkanes of at least 4 members (excludes halogenated alkanes) is 20. The van der Waals surface area contributed by atoms with Gasteiger partial charge in [0.05, 0.1) is 6.42 Å². The highest BCUT2D eigenvalue weighted by atomic mass is 16.6. The molecule has 0 aromatic carbocycles. The summed E-state index contributed by atoms with van der Waals surface area (Å²) >= 11 is 0. The Morgan fingerprint density at radius 1 is 0.409 bits per heavy atom. The molecule has 0 bridgehead atoms. The summed E-state index contributed by atoms with van der Waals surface area (Å²) in [5.41, 5.74) is 0. The summed E-state index contributed by atoms with van der Waals surface area (Å²) in [5, 5.41) is 0. The van der Waals surface area contributed by atoms with Crippen LogP contribution in [0.25, 0.3) is 0 Å². The number of Topliss-reactive ketones (excluding diaryl/α,β-unsaturated/α-hetero) is 1. The van der Waals surface area contributed by atoms with Crippen molar-refractivity contribution in [1.29, 1.82) is 0 Å². The second-order valence-electron chi connectivity index (χ2n) is 12.4. The van der Waals surface area contributed by atoms with E-state index >= 15 is 0 Å². The molecule has 7 heteroatoms. The third-order valence-electron chi connectivity index (χ3n) is 8.13. The van der Waals surface area contributed by atoms with Gasteiger partial charge in [0, 0.05) is 25.7 Å². The average Bonchev–Trinajstić information content (AvgIpc) is 3.02. The molecule has 258 valence electrons. The van der Waals surface area contributed by atoms with Gasteiger partial charge in [0.2, 0.25) is 0 Å². The van der Waals surface area contributed by atoms with Gasteiger partial charge in [0.25, 0.3) is 0 Å². The number of carbonyl (C=O) groups is 4. The van der Waals surface area contributed by atoms with E-state index in [1.165, 1.54) is 103 Å². The Morgan fingerprint density at radius 2 is 0.750 bits per heavy atom. The fraction of sp³-hybridized carbons (Fsp3) is 0.892. The van der Waals surface area contributed by atoms with Crippen LogP contribution < -0.4 is 0 Å². The Hall–Kier alpha value is -1.92. The Bertz CT molecular complexity index is 706. The summed E-state index contributed by atoms with van der Waals surface area (Å²) in [5.74, 6) is -1.23. The van der Waals surface area contributed by atoms with Crippen LogP contribution in [0.1, 0.15) is 194 Å². The zero-order valence-electron chi connectivity index (χ0n) is 28.9. The minimum absolute atomic E-state index is 0.00626. The molecule has 0 aliphatic carbocycles. The van der Waals surface area contributed by atoms with Gasteiger partial charge in [-0.15, -0.1) is 0 Å². The Morgan fingerprint density at radius 3 is 1.14 bits per heavy atom. The van der Waals surface area contributed by atoms with E-state index in [2.05, 4.69) is 13.8 Å². The van der Waals surface area contributed by atoms with Gasteiger partial charge >= 0.3 is 17.9 Å². The third kappa shape index (κ3) is 30.1. The molecule has 1 atom stereocenters. The van der Waals surface area contributed by atoms with E-state index in [1.807, 2.05) is 0 Å². The van der Waals surface area contributed by atoms with E-state index in [1.54, 1.807) is 6.92 Å². The van der Waals surface area contributed by atoms with Crippen molar-refractivity contribution in [3.63, 3.8) is 0 Å². The first-order valence-corrected chi connectivity index (χ1v) is 18.4. The van der Waals surface area contributed by atoms with Crippen LogP contribution >= 0.6 is 0 Å². The predicted octanol–water partition coefficient (Wildman–Crippen LogP) is 10.1.